The monoisotopic (exact) mass is 400 g/mol. The van der Waals surface area contributed by atoms with E-state index in [0.717, 1.165) is 49.9 Å². The summed E-state index contributed by atoms with van der Waals surface area (Å²) in [5.74, 6) is 1.30. The zero-order valence-electron chi connectivity index (χ0n) is 16.7. The predicted molar refractivity (Wildman–Crippen MR) is 114 cm³/mol. The number of ether oxygens (including phenoxy) is 1. The second-order valence-electron chi connectivity index (χ2n) is 7.42. The smallest absolute Gasteiger partial charge is 0.260 e. The molecule has 5 heteroatoms. The number of rotatable bonds is 7. The lowest BCUT2D eigenvalue weighted by Crippen LogP contribution is -2.49. The zero-order chi connectivity index (χ0) is 19.9. The lowest BCUT2D eigenvalue weighted by atomic mass is 9.98. The molecule has 0 N–H and O–H groups in total. The number of piperazine rings is 1. The fourth-order valence-electron chi connectivity index (χ4n) is 3.47. The van der Waals surface area contributed by atoms with Gasteiger partial charge in [-0.25, -0.2) is 0 Å². The Morgan fingerprint density at radius 2 is 1.75 bits per heavy atom. The molecule has 1 saturated heterocycles. The van der Waals surface area contributed by atoms with Crippen LogP contribution in [-0.4, -0.2) is 48.5 Å². The molecule has 2 aromatic carbocycles. The van der Waals surface area contributed by atoms with Crippen LogP contribution in [0.15, 0.2) is 48.5 Å². The van der Waals surface area contributed by atoms with Crippen molar-refractivity contribution in [2.24, 2.45) is 0 Å². The van der Waals surface area contributed by atoms with Crippen molar-refractivity contribution in [3.8, 4) is 5.75 Å². The van der Waals surface area contributed by atoms with E-state index < -0.39 is 0 Å². The zero-order valence-corrected chi connectivity index (χ0v) is 17.5. The lowest BCUT2D eigenvalue weighted by Gasteiger charge is -2.34. The van der Waals surface area contributed by atoms with Crippen molar-refractivity contribution in [3.05, 3.63) is 64.7 Å². The Kier molecular flexibility index (Phi) is 7.35. The summed E-state index contributed by atoms with van der Waals surface area (Å²) in [5.41, 5.74) is 2.42. The molecule has 28 heavy (non-hydrogen) atoms. The molecule has 0 radical (unpaired) electrons. The minimum absolute atomic E-state index is 0.0603. The van der Waals surface area contributed by atoms with E-state index in [4.69, 9.17) is 16.3 Å². The molecule has 3 rings (SSSR count). The minimum atomic E-state index is 0.0603. The summed E-state index contributed by atoms with van der Waals surface area (Å²) in [4.78, 5) is 16.9. The van der Waals surface area contributed by atoms with E-state index in [1.807, 2.05) is 35.2 Å². The Labute approximate surface area is 173 Å². The molecule has 1 aliphatic heterocycles. The van der Waals surface area contributed by atoms with E-state index >= 15 is 0 Å². The second kappa shape index (κ2) is 9.94. The first-order valence-corrected chi connectivity index (χ1v) is 10.4. The molecule has 1 aliphatic rings. The highest BCUT2D eigenvalue weighted by Crippen LogP contribution is 2.28. The Balaban J connectivity index is 1.47. The van der Waals surface area contributed by atoms with Gasteiger partial charge in [-0.15, -0.1) is 0 Å². The number of hydrogen-bond acceptors (Lipinski definition) is 3. The molecule has 150 valence electrons. The summed E-state index contributed by atoms with van der Waals surface area (Å²) in [6.07, 6.45) is 1.05. The molecule has 4 nitrogen and oxygen atoms in total. The van der Waals surface area contributed by atoms with Gasteiger partial charge in [0.25, 0.3) is 5.91 Å². The molecule has 2 aromatic rings. The van der Waals surface area contributed by atoms with Crippen molar-refractivity contribution in [1.29, 1.82) is 0 Å². The second-order valence-corrected chi connectivity index (χ2v) is 7.86. The van der Waals surface area contributed by atoms with Crippen molar-refractivity contribution in [2.45, 2.75) is 32.7 Å². The third-order valence-electron chi connectivity index (χ3n) is 5.46. The highest BCUT2D eigenvalue weighted by molar-refractivity contribution is 6.30. The third kappa shape index (κ3) is 5.49. The summed E-state index contributed by atoms with van der Waals surface area (Å²) in [6.45, 7) is 8.56. The molecule has 0 aromatic heterocycles. The Morgan fingerprint density at radius 1 is 1.07 bits per heavy atom. The number of benzene rings is 2. The van der Waals surface area contributed by atoms with Gasteiger partial charge in [0.05, 0.1) is 0 Å². The van der Waals surface area contributed by atoms with Gasteiger partial charge in [-0.3, -0.25) is 9.69 Å². The molecule has 0 saturated carbocycles. The van der Waals surface area contributed by atoms with E-state index in [1.165, 1.54) is 11.1 Å². The predicted octanol–water partition coefficient (Wildman–Crippen LogP) is 4.58. The van der Waals surface area contributed by atoms with Crippen LogP contribution in [0, 0.1) is 0 Å². The topological polar surface area (TPSA) is 32.8 Å². The average molecular weight is 401 g/mol. The van der Waals surface area contributed by atoms with Crippen LogP contribution in [0.5, 0.6) is 5.75 Å². The van der Waals surface area contributed by atoms with Crippen LogP contribution in [-0.2, 0) is 11.3 Å². The van der Waals surface area contributed by atoms with E-state index in [2.05, 4.69) is 36.9 Å². The summed E-state index contributed by atoms with van der Waals surface area (Å²) in [6, 6.07) is 16.0. The maximum Gasteiger partial charge on any atom is 0.260 e. The van der Waals surface area contributed by atoms with E-state index in [0.29, 0.717) is 5.92 Å². The van der Waals surface area contributed by atoms with Gasteiger partial charge >= 0.3 is 0 Å². The Morgan fingerprint density at radius 3 is 2.43 bits per heavy atom. The van der Waals surface area contributed by atoms with Gasteiger partial charge in [0, 0.05) is 37.7 Å². The summed E-state index contributed by atoms with van der Waals surface area (Å²) >= 11 is 5.95. The number of carbonyl (C=O) groups is 1. The maximum absolute atomic E-state index is 12.6. The van der Waals surface area contributed by atoms with Crippen molar-refractivity contribution in [1.82, 2.24) is 9.80 Å². The number of amides is 1. The van der Waals surface area contributed by atoms with Crippen molar-refractivity contribution in [3.63, 3.8) is 0 Å². The van der Waals surface area contributed by atoms with Crippen LogP contribution in [0.25, 0.3) is 0 Å². The lowest BCUT2D eigenvalue weighted by molar-refractivity contribution is -0.135. The van der Waals surface area contributed by atoms with Gasteiger partial charge in [-0.2, -0.15) is 0 Å². The molecule has 1 heterocycles. The first-order valence-electron chi connectivity index (χ1n) is 10.0. The first-order chi connectivity index (χ1) is 13.6. The van der Waals surface area contributed by atoms with Crippen molar-refractivity contribution < 1.29 is 9.53 Å². The molecule has 0 bridgehead atoms. The van der Waals surface area contributed by atoms with Crippen molar-refractivity contribution in [2.75, 3.05) is 32.8 Å². The highest BCUT2D eigenvalue weighted by Gasteiger charge is 2.22. The van der Waals surface area contributed by atoms with Gasteiger partial charge in [0.2, 0.25) is 0 Å². The van der Waals surface area contributed by atoms with Crippen molar-refractivity contribution >= 4 is 17.5 Å². The van der Waals surface area contributed by atoms with Gasteiger partial charge in [-0.05, 0) is 41.7 Å². The minimum Gasteiger partial charge on any atom is -0.483 e. The fraction of sp³-hybridized carbons (Fsp3) is 0.435. The van der Waals surface area contributed by atoms with Crippen LogP contribution in [0.4, 0.5) is 0 Å². The first kappa shape index (κ1) is 20.7. The maximum atomic E-state index is 12.6. The van der Waals surface area contributed by atoms with Gasteiger partial charge in [0.15, 0.2) is 6.61 Å². The summed E-state index contributed by atoms with van der Waals surface area (Å²) in [5, 5.41) is 0.758. The number of halogens is 1. The van der Waals surface area contributed by atoms with Crippen LogP contribution >= 0.6 is 11.6 Å². The highest BCUT2D eigenvalue weighted by atomic mass is 35.5. The number of nitrogens with zero attached hydrogens (tertiary/aromatic N) is 2. The SMILES string of the molecule is CCC(C)c1ccccc1OCC(=O)N1CCN(Cc2ccc(Cl)cc2)CC1. The van der Waals surface area contributed by atoms with E-state index in [-0.39, 0.29) is 12.5 Å². The number of para-hydroxylation sites is 1. The van der Waals surface area contributed by atoms with Gasteiger partial charge in [-0.1, -0.05) is 55.8 Å². The molecule has 0 spiro atoms. The van der Waals surface area contributed by atoms with Crippen LogP contribution in [0.2, 0.25) is 5.02 Å². The van der Waals surface area contributed by atoms with E-state index in [1.54, 1.807) is 0 Å². The molecule has 1 atom stereocenters. The van der Waals surface area contributed by atoms with Crippen LogP contribution in [0.1, 0.15) is 37.3 Å². The quantitative estimate of drug-likeness (QED) is 0.682. The molecule has 1 unspecified atom stereocenters. The number of hydrogen-bond donors (Lipinski definition) is 0. The van der Waals surface area contributed by atoms with Crippen LogP contribution in [0.3, 0.4) is 0 Å². The normalized spacial score (nSPS) is 16.0. The summed E-state index contributed by atoms with van der Waals surface area (Å²) in [7, 11) is 0. The molecule has 1 fully saturated rings. The average Bonchev–Trinajstić information content (AvgIpc) is 2.74. The molecular formula is C23H29ClN2O2. The molecule has 0 aliphatic carbocycles. The van der Waals surface area contributed by atoms with Gasteiger partial charge < -0.3 is 9.64 Å². The van der Waals surface area contributed by atoms with Crippen LogP contribution < -0.4 is 4.74 Å². The van der Waals surface area contributed by atoms with Gasteiger partial charge in [0.1, 0.15) is 5.75 Å². The Hall–Kier alpha value is -2.04. The summed E-state index contributed by atoms with van der Waals surface area (Å²) < 4.78 is 5.89. The third-order valence-corrected chi connectivity index (χ3v) is 5.71. The van der Waals surface area contributed by atoms with E-state index in [9.17, 15) is 4.79 Å². The standard InChI is InChI=1S/C23H29ClN2O2/c1-3-18(2)21-6-4-5-7-22(21)28-17-23(27)26-14-12-25(13-15-26)16-19-8-10-20(24)11-9-19/h4-11,18H,3,12-17H2,1-2H3. The Bertz CT molecular complexity index is 770. The fourth-order valence-corrected chi connectivity index (χ4v) is 3.60. The largest absolute Gasteiger partial charge is 0.483 e. The number of carbonyl (C=O) groups excluding carboxylic acids is 1. The molecule has 1 amide bonds. The molecular weight excluding hydrogens is 372 g/mol.